The second-order valence-electron chi connectivity index (χ2n) is 4.49. The van der Waals surface area contributed by atoms with Crippen LogP contribution in [0.1, 0.15) is 0 Å². The third-order valence-corrected chi connectivity index (χ3v) is 3.07. The minimum absolute atomic E-state index is 0.204. The molecule has 1 saturated heterocycles. The number of likely N-dealkylation sites (N-methyl/N-ethyl adjacent to an activating group) is 1. The first-order valence-electron chi connectivity index (χ1n) is 6.01. The summed E-state index contributed by atoms with van der Waals surface area (Å²) in [6.07, 6.45) is 5.33. The van der Waals surface area contributed by atoms with Gasteiger partial charge in [-0.1, -0.05) is 0 Å². The summed E-state index contributed by atoms with van der Waals surface area (Å²) < 4.78 is 7.57. The topological polar surface area (TPSA) is 67.6 Å². The zero-order valence-electron chi connectivity index (χ0n) is 10.3. The molecule has 1 aliphatic rings. The SMILES string of the molecule is CN1CCOC(CNc2cncc3nncn23)C1. The maximum Gasteiger partial charge on any atom is 0.180 e. The van der Waals surface area contributed by atoms with Crippen molar-refractivity contribution in [3.05, 3.63) is 18.7 Å². The van der Waals surface area contributed by atoms with E-state index < -0.39 is 0 Å². The highest BCUT2D eigenvalue weighted by Crippen LogP contribution is 2.09. The van der Waals surface area contributed by atoms with Gasteiger partial charge in [-0.2, -0.15) is 0 Å². The molecule has 0 amide bonds. The molecule has 18 heavy (non-hydrogen) atoms. The van der Waals surface area contributed by atoms with Crippen LogP contribution in [0.5, 0.6) is 0 Å². The fourth-order valence-corrected chi connectivity index (χ4v) is 2.09. The number of hydrogen-bond donors (Lipinski definition) is 1. The number of anilines is 1. The van der Waals surface area contributed by atoms with E-state index in [0.29, 0.717) is 0 Å². The third kappa shape index (κ3) is 2.27. The second-order valence-corrected chi connectivity index (χ2v) is 4.49. The monoisotopic (exact) mass is 248 g/mol. The first-order valence-corrected chi connectivity index (χ1v) is 6.01. The van der Waals surface area contributed by atoms with Crippen LogP contribution in [0.2, 0.25) is 0 Å². The van der Waals surface area contributed by atoms with E-state index in [4.69, 9.17) is 4.74 Å². The molecule has 2 aromatic rings. The molecule has 1 N–H and O–H groups in total. The van der Waals surface area contributed by atoms with Crippen LogP contribution < -0.4 is 5.32 Å². The van der Waals surface area contributed by atoms with Gasteiger partial charge in [0.1, 0.15) is 12.1 Å². The highest BCUT2D eigenvalue weighted by Gasteiger charge is 2.17. The van der Waals surface area contributed by atoms with Crippen LogP contribution in [0.3, 0.4) is 0 Å². The lowest BCUT2D eigenvalue weighted by Gasteiger charge is -2.30. The summed E-state index contributed by atoms with van der Waals surface area (Å²) in [7, 11) is 2.11. The van der Waals surface area contributed by atoms with Gasteiger partial charge in [-0.25, -0.2) is 0 Å². The van der Waals surface area contributed by atoms with Crippen molar-refractivity contribution < 1.29 is 4.74 Å². The highest BCUT2D eigenvalue weighted by molar-refractivity contribution is 5.45. The van der Waals surface area contributed by atoms with Gasteiger partial charge in [-0.15, -0.1) is 10.2 Å². The first kappa shape index (κ1) is 11.4. The number of nitrogens with one attached hydrogen (secondary N) is 1. The lowest BCUT2D eigenvalue weighted by atomic mass is 10.3. The lowest BCUT2D eigenvalue weighted by Crippen LogP contribution is -2.43. The Balaban J connectivity index is 1.67. The molecule has 0 aliphatic carbocycles. The predicted octanol–water partition coefficient (Wildman–Crippen LogP) is -0.133. The molecule has 0 saturated carbocycles. The van der Waals surface area contributed by atoms with Gasteiger partial charge in [0.25, 0.3) is 0 Å². The normalized spacial score (nSPS) is 21.3. The average molecular weight is 248 g/mol. The number of fused-ring (bicyclic) bond motifs is 1. The average Bonchev–Trinajstić information content (AvgIpc) is 2.85. The van der Waals surface area contributed by atoms with Crippen molar-refractivity contribution in [1.82, 2.24) is 24.5 Å². The molecule has 1 fully saturated rings. The minimum Gasteiger partial charge on any atom is -0.374 e. The van der Waals surface area contributed by atoms with Gasteiger partial charge in [0.05, 0.1) is 25.1 Å². The zero-order chi connectivity index (χ0) is 12.4. The summed E-state index contributed by atoms with van der Waals surface area (Å²) in [4.78, 5) is 6.40. The Bertz CT molecular complexity index is 527. The summed E-state index contributed by atoms with van der Waals surface area (Å²) >= 11 is 0. The van der Waals surface area contributed by atoms with E-state index >= 15 is 0 Å². The summed E-state index contributed by atoms with van der Waals surface area (Å²) in [5.74, 6) is 0.884. The van der Waals surface area contributed by atoms with E-state index in [1.807, 2.05) is 4.40 Å². The van der Waals surface area contributed by atoms with Gasteiger partial charge in [-0.05, 0) is 7.05 Å². The van der Waals surface area contributed by atoms with Gasteiger partial charge in [-0.3, -0.25) is 9.38 Å². The number of rotatable bonds is 3. The van der Waals surface area contributed by atoms with Crippen molar-refractivity contribution in [2.45, 2.75) is 6.10 Å². The minimum atomic E-state index is 0.204. The Morgan fingerprint density at radius 1 is 1.50 bits per heavy atom. The van der Waals surface area contributed by atoms with Crippen LogP contribution >= 0.6 is 0 Å². The van der Waals surface area contributed by atoms with Crippen molar-refractivity contribution in [3.8, 4) is 0 Å². The number of aromatic nitrogens is 4. The summed E-state index contributed by atoms with van der Waals surface area (Å²) in [6, 6.07) is 0. The number of nitrogens with zero attached hydrogens (tertiary/aromatic N) is 5. The van der Waals surface area contributed by atoms with Crippen LogP contribution in [0.25, 0.3) is 5.65 Å². The van der Waals surface area contributed by atoms with Gasteiger partial charge < -0.3 is 15.0 Å². The van der Waals surface area contributed by atoms with Gasteiger partial charge in [0, 0.05) is 19.6 Å². The zero-order valence-corrected chi connectivity index (χ0v) is 10.3. The Labute approximate surface area is 105 Å². The Morgan fingerprint density at radius 3 is 3.33 bits per heavy atom. The molecular formula is C11H16N6O. The predicted molar refractivity (Wildman–Crippen MR) is 66.5 cm³/mol. The van der Waals surface area contributed by atoms with Gasteiger partial charge >= 0.3 is 0 Å². The van der Waals surface area contributed by atoms with E-state index in [1.54, 1.807) is 18.7 Å². The first-order chi connectivity index (χ1) is 8.83. The summed E-state index contributed by atoms with van der Waals surface area (Å²) in [5.41, 5.74) is 0.738. The van der Waals surface area contributed by atoms with Crippen LogP contribution in [0, 0.1) is 0 Å². The molecule has 2 aromatic heterocycles. The summed E-state index contributed by atoms with van der Waals surface area (Å²) in [6.45, 7) is 3.49. The smallest absolute Gasteiger partial charge is 0.180 e. The highest BCUT2D eigenvalue weighted by atomic mass is 16.5. The van der Waals surface area contributed by atoms with E-state index in [-0.39, 0.29) is 6.10 Å². The number of hydrogen-bond acceptors (Lipinski definition) is 6. The molecule has 1 unspecified atom stereocenters. The van der Waals surface area contributed by atoms with Crippen LogP contribution in [0.4, 0.5) is 5.82 Å². The maximum atomic E-state index is 5.70. The molecule has 0 radical (unpaired) electrons. The molecule has 1 aliphatic heterocycles. The van der Waals surface area contributed by atoms with E-state index in [9.17, 15) is 0 Å². The van der Waals surface area contributed by atoms with E-state index in [1.165, 1.54) is 0 Å². The van der Waals surface area contributed by atoms with Crippen molar-refractivity contribution >= 4 is 11.5 Å². The molecule has 3 heterocycles. The standard InChI is InChI=1S/C11H16N6O/c1-16-2-3-18-9(7-16)4-13-10-5-12-6-11-15-14-8-17(10)11/h5-6,8-9,13H,2-4,7H2,1H3. The fraction of sp³-hybridized carbons (Fsp3) is 0.545. The molecule has 0 spiro atoms. The lowest BCUT2D eigenvalue weighted by molar-refractivity contribution is -0.0117. The van der Waals surface area contributed by atoms with Crippen LogP contribution in [-0.2, 0) is 4.74 Å². The van der Waals surface area contributed by atoms with E-state index in [0.717, 1.165) is 37.7 Å². The van der Waals surface area contributed by atoms with Crippen molar-refractivity contribution in [2.75, 3.05) is 38.6 Å². The number of morpholine rings is 1. The number of ether oxygens (including phenoxy) is 1. The van der Waals surface area contributed by atoms with Crippen LogP contribution in [0.15, 0.2) is 18.7 Å². The molecule has 7 nitrogen and oxygen atoms in total. The van der Waals surface area contributed by atoms with Crippen molar-refractivity contribution in [2.24, 2.45) is 0 Å². The van der Waals surface area contributed by atoms with Crippen molar-refractivity contribution in [3.63, 3.8) is 0 Å². The Hall–Kier alpha value is -1.73. The van der Waals surface area contributed by atoms with Gasteiger partial charge in [0.15, 0.2) is 5.65 Å². The quantitative estimate of drug-likeness (QED) is 0.816. The van der Waals surface area contributed by atoms with E-state index in [2.05, 4.69) is 32.4 Å². The molecule has 1 atom stereocenters. The Kier molecular flexibility index (Phi) is 3.07. The fourth-order valence-electron chi connectivity index (χ4n) is 2.09. The molecular weight excluding hydrogens is 232 g/mol. The van der Waals surface area contributed by atoms with Crippen LogP contribution in [-0.4, -0.2) is 63.9 Å². The molecule has 96 valence electrons. The maximum absolute atomic E-state index is 5.70. The molecule has 0 bridgehead atoms. The Morgan fingerprint density at radius 2 is 2.44 bits per heavy atom. The second kappa shape index (κ2) is 4.87. The van der Waals surface area contributed by atoms with Crippen molar-refractivity contribution in [1.29, 1.82) is 0 Å². The van der Waals surface area contributed by atoms with Gasteiger partial charge in [0.2, 0.25) is 0 Å². The summed E-state index contributed by atoms with van der Waals surface area (Å²) in [5, 5.41) is 11.2. The molecule has 3 rings (SSSR count). The molecule has 7 heteroatoms. The molecule has 0 aromatic carbocycles. The largest absolute Gasteiger partial charge is 0.374 e. The third-order valence-electron chi connectivity index (χ3n) is 3.07.